The molecule has 4 nitrogen and oxygen atoms in total. The molecular formula is C18H27FN2O2. The van der Waals surface area contributed by atoms with Crippen molar-refractivity contribution in [1.29, 1.82) is 0 Å². The lowest BCUT2D eigenvalue weighted by Gasteiger charge is -2.27. The van der Waals surface area contributed by atoms with Gasteiger partial charge in [0.2, 0.25) is 5.91 Å². The van der Waals surface area contributed by atoms with E-state index in [1.54, 1.807) is 12.1 Å². The summed E-state index contributed by atoms with van der Waals surface area (Å²) in [6.45, 7) is 6.31. The van der Waals surface area contributed by atoms with Crippen molar-refractivity contribution < 1.29 is 14.3 Å². The molecule has 1 atom stereocenters. The van der Waals surface area contributed by atoms with Crippen LogP contribution < -0.4 is 5.32 Å². The quantitative estimate of drug-likeness (QED) is 0.810. The number of aliphatic hydroxyl groups excluding tert-OH is 1. The Morgan fingerprint density at radius 2 is 2.09 bits per heavy atom. The molecular weight excluding hydrogens is 295 g/mol. The molecule has 0 radical (unpaired) electrons. The predicted molar refractivity (Wildman–Crippen MR) is 88.3 cm³/mol. The van der Waals surface area contributed by atoms with Crippen LogP contribution in [0, 0.1) is 11.2 Å². The van der Waals surface area contributed by atoms with Crippen LogP contribution >= 0.6 is 0 Å². The van der Waals surface area contributed by atoms with Crippen molar-refractivity contribution >= 4 is 5.91 Å². The molecule has 0 spiro atoms. The topological polar surface area (TPSA) is 52.6 Å². The molecule has 1 aromatic carbocycles. The van der Waals surface area contributed by atoms with Crippen molar-refractivity contribution in [2.75, 3.05) is 19.7 Å². The maximum absolute atomic E-state index is 13.0. The Bertz CT molecular complexity index is 516. The highest BCUT2D eigenvalue weighted by atomic mass is 19.1. The van der Waals surface area contributed by atoms with E-state index in [2.05, 4.69) is 10.2 Å². The Labute approximate surface area is 137 Å². The fourth-order valence-corrected chi connectivity index (χ4v) is 2.97. The molecule has 2 N–H and O–H groups in total. The molecule has 1 aliphatic heterocycles. The molecule has 1 amide bonds. The van der Waals surface area contributed by atoms with Crippen molar-refractivity contribution in [2.45, 2.75) is 45.7 Å². The van der Waals surface area contributed by atoms with Gasteiger partial charge < -0.3 is 10.4 Å². The van der Waals surface area contributed by atoms with Crippen molar-refractivity contribution in [3.63, 3.8) is 0 Å². The van der Waals surface area contributed by atoms with Gasteiger partial charge in [-0.3, -0.25) is 9.69 Å². The second kappa shape index (κ2) is 7.88. The molecule has 128 valence electrons. The number of halogens is 1. The van der Waals surface area contributed by atoms with Crippen LogP contribution in [-0.4, -0.2) is 41.7 Å². The van der Waals surface area contributed by atoms with Crippen LogP contribution in [0.2, 0.25) is 0 Å². The van der Waals surface area contributed by atoms with Crippen molar-refractivity contribution in [3.05, 3.63) is 35.6 Å². The van der Waals surface area contributed by atoms with Gasteiger partial charge in [-0.1, -0.05) is 26.0 Å². The van der Waals surface area contributed by atoms with Gasteiger partial charge in [0, 0.05) is 19.7 Å². The molecule has 1 heterocycles. The zero-order valence-electron chi connectivity index (χ0n) is 14.0. The van der Waals surface area contributed by atoms with Gasteiger partial charge in [-0.25, -0.2) is 4.39 Å². The number of carbonyl (C=O) groups excluding carboxylic acids is 1. The Hall–Kier alpha value is -1.46. The van der Waals surface area contributed by atoms with E-state index in [1.165, 1.54) is 12.1 Å². The van der Waals surface area contributed by atoms with E-state index in [1.807, 2.05) is 13.8 Å². The summed E-state index contributed by atoms with van der Waals surface area (Å²) in [5.41, 5.74) is 0.914. The lowest BCUT2D eigenvalue weighted by Crippen LogP contribution is -2.45. The van der Waals surface area contributed by atoms with E-state index in [0.29, 0.717) is 19.5 Å². The lowest BCUT2D eigenvalue weighted by molar-refractivity contribution is -0.126. The molecule has 1 aliphatic rings. The van der Waals surface area contributed by atoms with E-state index >= 15 is 0 Å². The second-order valence-corrected chi connectivity index (χ2v) is 7.11. The average molecular weight is 322 g/mol. The van der Waals surface area contributed by atoms with Gasteiger partial charge in [-0.2, -0.15) is 0 Å². The van der Waals surface area contributed by atoms with Gasteiger partial charge in [0.1, 0.15) is 5.82 Å². The first-order chi connectivity index (χ1) is 10.9. The summed E-state index contributed by atoms with van der Waals surface area (Å²) in [7, 11) is 0. The fourth-order valence-electron chi connectivity index (χ4n) is 2.97. The Balaban J connectivity index is 1.90. The number of aliphatic hydroxyl groups is 1. The molecule has 0 bridgehead atoms. The molecule has 0 saturated carbocycles. The number of hydrogen-bond donors (Lipinski definition) is 2. The van der Waals surface area contributed by atoms with Crippen LogP contribution in [0.1, 0.15) is 38.7 Å². The maximum atomic E-state index is 13.0. The summed E-state index contributed by atoms with van der Waals surface area (Å²) in [4.78, 5) is 14.6. The van der Waals surface area contributed by atoms with Gasteiger partial charge in [0.15, 0.2) is 0 Å². The lowest BCUT2D eigenvalue weighted by atomic mass is 9.89. The Morgan fingerprint density at radius 3 is 2.74 bits per heavy atom. The summed E-state index contributed by atoms with van der Waals surface area (Å²) < 4.78 is 13.0. The first kappa shape index (κ1) is 17.9. The number of rotatable bonds is 7. The molecule has 1 fully saturated rings. The third kappa shape index (κ3) is 5.29. The second-order valence-electron chi connectivity index (χ2n) is 7.11. The van der Waals surface area contributed by atoms with Crippen LogP contribution in [0.5, 0.6) is 0 Å². The summed E-state index contributed by atoms with van der Waals surface area (Å²) in [5, 5.41) is 12.1. The van der Waals surface area contributed by atoms with Gasteiger partial charge in [0.25, 0.3) is 0 Å². The summed E-state index contributed by atoms with van der Waals surface area (Å²) >= 11 is 0. The summed E-state index contributed by atoms with van der Waals surface area (Å²) in [6.07, 6.45) is 2.52. The SMILES string of the molecule is CC(C)(CCO)CNC(=O)C1CCCN1Cc1ccc(F)cc1. The summed E-state index contributed by atoms with van der Waals surface area (Å²) in [5.74, 6) is -0.189. The fraction of sp³-hybridized carbons (Fsp3) is 0.611. The van der Waals surface area contributed by atoms with Crippen LogP contribution in [0.3, 0.4) is 0 Å². The minimum Gasteiger partial charge on any atom is -0.396 e. The minimum atomic E-state index is -0.240. The zero-order valence-corrected chi connectivity index (χ0v) is 14.0. The van der Waals surface area contributed by atoms with Gasteiger partial charge >= 0.3 is 0 Å². The average Bonchev–Trinajstić information content (AvgIpc) is 2.95. The molecule has 5 heteroatoms. The maximum Gasteiger partial charge on any atom is 0.237 e. The third-order valence-electron chi connectivity index (χ3n) is 4.49. The van der Waals surface area contributed by atoms with Crippen LogP contribution in [0.15, 0.2) is 24.3 Å². The Kier molecular flexibility index (Phi) is 6.13. The van der Waals surface area contributed by atoms with Gasteiger partial charge in [0.05, 0.1) is 6.04 Å². The molecule has 0 aromatic heterocycles. The van der Waals surface area contributed by atoms with E-state index in [9.17, 15) is 9.18 Å². The monoisotopic (exact) mass is 322 g/mol. The number of likely N-dealkylation sites (tertiary alicyclic amines) is 1. The molecule has 1 saturated heterocycles. The number of carbonyl (C=O) groups is 1. The number of amides is 1. The van der Waals surface area contributed by atoms with Crippen molar-refractivity contribution in [1.82, 2.24) is 10.2 Å². The zero-order chi connectivity index (χ0) is 16.9. The third-order valence-corrected chi connectivity index (χ3v) is 4.49. The number of nitrogens with one attached hydrogen (secondary N) is 1. The largest absolute Gasteiger partial charge is 0.396 e. The minimum absolute atomic E-state index is 0.0515. The predicted octanol–water partition coefficient (Wildman–Crippen LogP) is 2.31. The highest BCUT2D eigenvalue weighted by molar-refractivity contribution is 5.82. The molecule has 2 rings (SSSR count). The molecule has 1 aromatic rings. The normalized spacial score (nSPS) is 19.0. The van der Waals surface area contributed by atoms with E-state index in [-0.39, 0.29) is 29.8 Å². The molecule has 23 heavy (non-hydrogen) atoms. The summed E-state index contributed by atoms with van der Waals surface area (Å²) in [6, 6.07) is 6.33. The number of nitrogens with zero attached hydrogens (tertiary/aromatic N) is 1. The van der Waals surface area contributed by atoms with E-state index in [4.69, 9.17) is 5.11 Å². The number of benzene rings is 1. The van der Waals surface area contributed by atoms with Crippen molar-refractivity contribution in [2.24, 2.45) is 5.41 Å². The first-order valence-electron chi connectivity index (χ1n) is 8.28. The van der Waals surface area contributed by atoms with Crippen LogP contribution in [0.25, 0.3) is 0 Å². The van der Waals surface area contributed by atoms with Gasteiger partial charge in [-0.05, 0) is 48.9 Å². The molecule has 1 unspecified atom stereocenters. The van der Waals surface area contributed by atoms with Crippen molar-refractivity contribution in [3.8, 4) is 0 Å². The van der Waals surface area contributed by atoms with E-state index in [0.717, 1.165) is 24.9 Å². The van der Waals surface area contributed by atoms with Crippen LogP contribution in [0.4, 0.5) is 4.39 Å². The standard InChI is InChI=1S/C18H27FN2O2/c1-18(2,9-11-22)13-20-17(23)16-4-3-10-21(16)12-14-5-7-15(19)8-6-14/h5-8,16,22H,3-4,9-13H2,1-2H3,(H,20,23). The first-order valence-corrected chi connectivity index (χ1v) is 8.28. The van der Waals surface area contributed by atoms with Crippen LogP contribution in [-0.2, 0) is 11.3 Å². The smallest absolute Gasteiger partial charge is 0.237 e. The highest BCUT2D eigenvalue weighted by Gasteiger charge is 2.31. The van der Waals surface area contributed by atoms with E-state index < -0.39 is 0 Å². The van der Waals surface area contributed by atoms with Gasteiger partial charge in [-0.15, -0.1) is 0 Å². The number of hydrogen-bond acceptors (Lipinski definition) is 3. The highest BCUT2D eigenvalue weighted by Crippen LogP contribution is 2.22. The molecule has 0 aliphatic carbocycles. The Morgan fingerprint density at radius 1 is 1.39 bits per heavy atom.